The van der Waals surface area contributed by atoms with Crippen molar-refractivity contribution in [3.05, 3.63) is 0 Å². The summed E-state index contributed by atoms with van der Waals surface area (Å²) in [5, 5.41) is 0. The van der Waals surface area contributed by atoms with Crippen LogP contribution in [0.2, 0.25) is 6.82 Å². The van der Waals surface area contributed by atoms with Crippen molar-refractivity contribution >= 4 is 14.7 Å². The molecule has 1 radical (unpaired) electrons. The second kappa shape index (κ2) is 3.09. The molecule has 0 atom stereocenters. The standard InChI is InChI=1S/C2H6B2NO/c1-4(5-3)6-2/h1-2H3. The van der Waals surface area contributed by atoms with Crippen molar-refractivity contribution in [2.45, 2.75) is 6.82 Å². The van der Waals surface area contributed by atoms with E-state index in [4.69, 9.17) is 7.64 Å². The fraction of sp³-hybridized carbons (Fsp3) is 1.00. The molecule has 0 saturated carbocycles. The molecule has 31 valence electrons. The maximum absolute atomic E-state index is 4.78. The van der Waals surface area contributed by atoms with Gasteiger partial charge in [0.2, 0.25) is 0 Å². The first-order chi connectivity index (χ1) is 2.81. The van der Waals surface area contributed by atoms with Crippen molar-refractivity contribution in [1.29, 1.82) is 0 Å². The minimum absolute atomic E-state index is 0.162. The first-order valence-corrected chi connectivity index (χ1v) is 1.74. The van der Waals surface area contributed by atoms with Crippen LogP contribution in [0.4, 0.5) is 0 Å². The van der Waals surface area contributed by atoms with Gasteiger partial charge < -0.3 is 0 Å². The van der Waals surface area contributed by atoms with Gasteiger partial charge in [-0.25, -0.2) is 0 Å². The van der Waals surface area contributed by atoms with Crippen LogP contribution >= 0.6 is 0 Å². The summed E-state index contributed by atoms with van der Waals surface area (Å²) in [4.78, 5) is 3.28. The zero-order valence-electron chi connectivity index (χ0n) is 4.01. The van der Waals surface area contributed by atoms with E-state index in [0.717, 1.165) is 0 Å². The molecule has 2 nitrogen and oxygen atoms in total. The monoisotopic (exact) mass is 82.1 g/mol. The summed E-state index contributed by atoms with van der Waals surface area (Å²) in [6, 6.07) is 0. The molecule has 0 rings (SSSR count). The Hall–Kier alpha value is -0.110. The van der Waals surface area contributed by atoms with Crippen LogP contribution in [0.5, 0.6) is 0 Å². The molecule has 0 fully saturated rings. The number of rotatable bonds is 2. The van der Waals surface area contributed by atoms with Gasteiger partial charge in [-0.1, -0.05) is 0 Å². The molecular weight excluding hydrogens is 75.7 g/mol. The molecule has 4 heteroatoms. The van der Waals surface area contributed by atoms with E-state index >= 15 is 0 Å². The Morgan fingerprint density at radius 1 is 1.83 bits per heavy atom. The molecule has 0 saturated heterocycles. The van der Waals surface area contributed by atoms with Crippen molar-refractivity contribution in [1.82, 2.24) is 0 Å². The Labute approximate surface area is 39.1 Å². The molecule has 0 aliphatic carbocycles. The average molecular weight is 81.7 g/mol. The van der Waals surface area contributed by atoms with Crippen molar-refractivity contribution in [3.8, 4) is 0 Å². The van der Waals surface area contributed by atoms with E-state index in [-0.39, 0.29) is 7.05 Å². The van der Waals surface area contributed by atoms with Crippen LogP contribution in [0.3, 0.4) is 0 Å². The summed E-state index contributed by atoms with van der Waals surface area (Å²) in [6.07, 6.45) is 0. The third kappa shape index (κ3) is 2.15. The number of nitrogens with zero attached hydrogens (tertiary/aromatic N) is 1. The molecule has 0 aliphatic rings. The molecule has 0 spiro atoms. The van der Waals surface area contributed by atoms with Gasteiger partial charge in [-0.05, 0) is 0 Å². The first kappa shape index (κ1) is 5.89. The van der Waals surface area contributed by atoms with Crippen molar-refractivity contribution < 1.29 is 4.65 Å². The number of hydrogen-bond donors (Lipinski definition) is 0. The van der Waals surface area contributed by atoms with Gasteiger partial charge in [-0.2, -0.15) is 0 Å². The predicted octanol–water partition coefficient (Wildman–Crippen LogP) is 0.103. The third-order valence-corrected chi connectivity index (χ3v) is 0.551. The normalized spacial score (nSPS) is 7.50. The summed E-state index contributed by atoms with van der Waals surface area (Å²) in [5.41, 5.74) is 0. The fourth-order valence-corrected chi connectivity index (χ4v) is 0.0609. The van der Waals surface area contributed by atoms with E-state index in [2.05, 4.69) is 9.46 Å². The van der Waals surface area contributed by atoms with E-state index in [1.165, 1.54) is 0 Å². The van der Waals surface area contributed by atoms with Gasteiger partial charge in [0.1, 0.15) is 0 Å². The van der Waals surface area contributed by atoms with Gasteiger partial charge in [0.25, 0.3) is 0 Å². The van der Waals surface area contributed by atoms with Gasteiger partial charge in [-0.3, -0.25) is 0 Å². The molecule has 0 unspecified atom stereocenters. The van der Waals surface area contributed by atoms with Gasteiger partial charge in [0, 0.05) is 0 Å². The van der Waals surface area contributed by atoms with Crippen LogP contribution in [0, 0.1) is 0 Å². The van der Waals surface area contributed by atoms with E-state index in [1.54, 1.807) is 13.9 Å². The van der Waals surface area contributed by atoms with Crippen LogP contribution < -0.4 is 0 Å². The van der Waals surface area contributed by atoms with Gasteiger partial charge in [-0.15, -0.1) is 0 Å². The topological polar surface area (TPSA) is 21.6 Å². The maximum atomic E-state index is 4.78. The Kier molecular flexibility index (Phi) is 3.04. The Balaban J connectivity index is 2.96. The summed E-state index contributed by atoms with van der Waals surface area (Å²) in [6.45, 7) is 1.76. The second-order valence-corrected chi connectivity index (χ2v) is 0.984. The molecule has 0 aromatic heterocycles. The zero-order chi connectivity index (χ0) is 4.99. The van der Waals surface area contributed by atoms with Crippen molar-refractivity contribution in [2.75, 3.05) is 7.11 Å². The minimum atomic E-state index is -0.162. The van der Waals surface area contributed by atoms with Crippen LogP contribution in [-0.2, 0) is 4.65 Å². The van der Waals surface area contributed by atoms with Gasteiger partial charge in [0.05, 0.1) is 0 Å². The molecule has 0 aromatic rings. The molecule has 0 aromatic carbocycles. The summed E-state index contributed by atoms with van der Waals surface area (Å²) in [5.74, 6) is 0. The van der Waals surface area contributed by atoms with E-state index in [9.17, 15) is 0 Å². The van der Waals surface area contributed by atoms with Gasteiger partial charge in [0.15, 0.2) is 0 Å². The van der Waals surface area contributed by atoms with E-state index in [1.807, 2.05) is 0 Å². The zero-order valence-corrected chi connectivity index (χ0v) is 4.01. The average Bonchev–Trinajstić information content (AvgIpc) is 1.65. The third-order valence-electron chi connectivity index (χ3n) is 0.551. The molecule has 0 aliphatic heterocycles. The molecule has 0 bridgehead atoms. The van der Waals surface area contributed by atoms with Crippen LogP contribution in [-0.4, -0.2) is 21.8 Å². The van der Waals surface area contributed by atoms with Crippen molar-refractivity contribution in [2.24, 2.45) is 4.81 Å². The molecule has 6 heavy (non-hydrogen) atoms. The first-order valence-electron chi connectivity index (χ1n) is 1.74. The second-order valence-electron chi connectivity index (χ2n) is 0.984. The molecule has 0 heterocycles. The van der Waals surface area contributed by atoms with Crippen LogP contribution in [0.15, 0.2) is 4.81 Å². The Bertz CT molecular complexity index is 48.8. The van der Waals surface area contributed by atoms with Gasteiger partial charge >= 0.3 is 38.1 Å². The van der Waals surface area contributed by atoms with Crippen LogP contribution in [0.1, 0.15) is 0 Å². The molecule has 0 N–H and O–H groups in total. The summed E-state index contributed by atoms with van der Waals surface area (Å²) >= 11 is 0. The summed E-state index contributed by atoms with van der Waals surface area (Å²) in [7, 11) is 6.18. The Morgan fingerprint density at radius 2 is 2.33 bits per heavy atom. The fourth-order valence-electron chi connectivity index (χ4n) is 0.0609. The number of hydrogen-bond acceptors (Lipinski definition) is 2. The molecule has 0 amide bonds. The summed E-state index contributed by atoms with van der Waals surface area (Å²) < 4.78 is 4.61. The SMILES string of the molecule is [B]=NB(C)OC. The Morgan fingerprint density at radius 3 is 2.33 bits per heavy atom. The van der Waals surface area contributed by atoms with Crippen LogP contribution in [0.25, 0.3) is 0 Å². The van der Waals surface area contributed by atoms with Crippen molar-refractivity contribution in [3.63, 3.8) is 0 Å². The molecular formula is C2H6B2NO. The quantitative estimate of drug-likeness (QED) is 0.433. The van der Waals surface area contributed by atoms with E-state index in [0.29, 0.717) is 0 Å². The predicted molar refractivity (Wildman–Crippen MR) is 26.8 cm³/mol. The van der Waals surface area contributed by atoms with E-state index < -0.39 is 0 Å².